The van der Waals surface area contributed by atoms with Crippen molar-refractivity contribution in [3.63, 3.8) is 0 Å². The van der Waals surface area contributed by atoms with Crippen molar-refractivity contribution < 1.29 is 0 Å². The van der Waals surface area contributed by atoms with Crippen LogP contribution < -0.4 is 0 Å². The van der Waals surface area contributed by atoms with Gasteiger partial charge in [-0.05, 0) is 39.1 Å². The summed E-state index contributed by atoms with van der Waals surface area (Å²) in [4.78, 5) is 4.21. The second kappa shape index (κ2) is 4.31. The second-order valence-corrected chi connectivity index (χ2v) is 5.69. The van der Waals surface area contributed by atoms with Gasteiger partial charge in [0.25, 0.3) is 0 Å². The average Bonchev–Trinajstić information content (AvgIpc) is 2.92. The molecule has 2 heterocycles. The Morgan fingerprint density at radius 1 is 0.909 bits per heavy atom. The third kappa shape index (κ3) is 1.52. The number of hydrogen-bond donors (Lipinski definition) is 0. The first-order chi connectivity index (χ1) is 10.9. The molecule has 104 valence electrons. The molecule has 0 bridgehead atoms. The van der Waals surface area contributed by atoms with Crippen LogP contribution in [0.3, 0.4) is 0 Å². The number of nitrogens with zero attached hydrogens (tertiary/aromatic N) is 2. The summed E-state index contributed by atoms with van der Waals surface area (Å²) in [5, 5.41) is 7.62. The van der Waals surface area contributed by atoms with Crippen LogP contribution >= 0.6 is 0 Å². The predicted molar refractivity (Wildman–Crippen MR) is 90.2 cm³/mol. The lowest BCUT2D eigenvalue weighted by Gasteiger charge is -2.36. The zero-order valence-corrected chi connectivity index (χ0v) is 11.9. The Hall–Kier alpha value is -2.87. The maximum absolute atomic E-state index is 5.01. The lowest BCUT2D eigenvalue weighted by Crippen LogP contribution is -1.99. The Balaban J connectivity index is 1.67. The van der Waals surface area contributed by atoms with Gasteiger partial charge in [0.15, 0.2) is 0 Å². The molecule has 2 aliphatic rings. The zero-order valence-electron chi connectivity index (χ0n) is 11.9. The normalized spacial score (nSPS) is 18.5. The van der Waals surface area contributed by atoms with Crippen molar-refractivity contribution in [1.29, 1.82) is 0 Å². The minimum atomic E-state index is 0.0528. The van der Waals surface area contributed by atoms with E-state index in [0.717, 1.165) is 11.3 Å². The van der Waals surface area contributed by atoms with E-state index in [2.05, 4.69) is 59.6 Å². The van der Waals surface area contributed by atoms with Crippen LogP contribution in [0.4, 0.5) is 0 Å². The van der Waals surface area contributed by atoms with E-state index in [4.69, 9.17) is 5.32 Å². The van der Waals surface area contributed by atoms with Crippen LogP contribution in [-0.4, -0.2) is 4.98 Å². The molecule has 22 heavy (non-hydrogen) atoms. The van der Waals surface area contributed by atoms with Gasteiger partial charge in [-0.3, -0.25) is 4.98 Å². The molecule has 1 unspecified atom stereocenters. The minimum absolute atomic E-state index is 0.0528. The van der Waals surface area contributed by atoms with Crippen molar-refractivity contribution in [1.82, 2.24) is 4.98 Å². The fourth-order valence-corrected chi connectivity index (χ4v) is 3.45. The third-order valence-corrected chi connectivity index (χ3v) is 4.44. The summed E-state index contributed by atoms with van der Waals surface area (Å²) < 4.78 is 0. The summed E-state index contributed by atoms with van der Waals surface area (Å²) in [7, 11) is 0. The highest BCUT2D eigenvalue weighted by molar-refractivity contribution is 6.18. The molecule has 1 aliphatic heterocycles. The van der Waals surface area contributed by atoms with Gasteiger partial charge in [-0.2, -0.15) is 0 Å². The van der Waals surface area contributed by atoms with Crippen LogP contribution in [0.5, 0.6) is 0 Å². The first kappa shape index (κ1) is 11.8. The van der Waals surface area contributed by atoms with Gasteiger partial charge in [-0.25, -0.2) is 0 Å². The molecule has 5 rings (SSSR count). The summed E-state index contributed by atoms with van der Waals surface area (Å²) in [6.45, 7) is 0. The van der Waals surface area contributed by atoms with E-state index in [9.17, 15) is 0 Å². The molecule has 0 fully saturated rings. The molecule has 2 aromatic carbocycles. The van der Waals surface area contributed by atoms with Crippen LogP contribution in [0, 0.1) is 0 Å². The fourth-order valence-electron chi connectivity index (χ4n) is 3.45. The topological polar surface area (TPSA) is 27.0 Å². The van der Waals surface area contributed by atoms with Gasteiger partial charge >= 0.3 is 0 Å². The number of hydrogen-bond acceptors (Lipinski definition) is 1. The van der Waals surface area contributed by atoms with Crippen molar-refractivity contribution in [2.24, 2.45) is 0 Å². The van der Waals surface area contributed by atoms with Gasteiger partial charge in [-0.1, -0.05) is 60.7 Å². The second-order valence-electron chi connectivity index (χ2n) is 5.69. The molecule has 0 saturated carbocycles. The van der Waals surface area contributed by atoms with Gasteiger partial charge in [0, 0.05) is 12.4 Å². The van der Waals surface area contributed by atoms with E-state index in [1.54, 1.807) is 6.20 Å². The van der Waals surface area contributed by atoms with E-state index in [1.807, 2.05) is 12.3 Å². The molecule has 0 saturated heterocycles. The lowest BCUT2D eigenvalue weighted by molar-refractivity contribution is 1.02. The van der Waals surface area contributed by atoms with Crippen molar-refractivity contribution >= 4 is 22.0 Å². The quantitative estimate of drug-likeness (QED) is 0.609. The van der Waals surface area contributed by atoms with Crippen LogP contribution in [0.2, 0.25) is 0 Å². The molecule has 1 aliphatic carbocycles. The Bertz CT molecular complexity index is 947. The minimum Gasteiger partial charge on any atom is -0.674 e. The van der Waals surface area contributed by atoms with Crippen LogP contribution in [-0.2, 0) is 0 Å². The largest absolute Gasteiger partial charge is 0.674 e. The SMILES string of the molecule is C1=CC(c2cccnc2)[N-]C2=C1c1cccc3cccc2c13. The number of fused-ring (bicyclic) bond motifs is 2. The van der Waals surface area contributed by atoms with E-state index in [1.165, 1.54) is 27.5 Å². The molecule has 0 N–H and O–H groups in total. The average molecular weight is 281 g/mol. The fraction of sp³-hybridized carbons (Fsp3) is 0.0500. The number of rotatable bonds is 1. The summed E-state index contributed by atoms with van der Waals surface area (Å²) >= 11 is 0. The van der Waals surface area contributed by atoms with Gasteiger partial charge in [0.1, 0.15) is 0 Å². The Morgan fingerprint density at radius 2 is 1.77 bits per heavy atom. The molecule has 1 aromatic heterocycles. The number of allylic oxidation sites excluding steroid dienone is 2. The van der Waals surface area contributed by atoms with E-state index < -0.39 is 0 Å². The van der Waals surface area contributed by atoms with Gasteiger partial charge in [0.05, 0.1) is 0 Å². The van der Waals surface area contributed by atoms with Crippen LogP contribution in [0.15, 0.2) is 73.1 Å². The summed E-state index contributed by atoms with van der Waals surface area (Å²) in [6.07, 6.45) is 8.08. The molecule has 1 atom stereocenters. The van der Waals surface area contributed by atoms with Gasteiger partial charge < -0.3 is 5.32 Å². The number of benzene rings is 2. The highest BCUT2D eigenvalue weighted by Gasteiger charge is 2.20. The van der Waals surface area contributed by atoms with Gasteiger partial charge in [0.2, 0.25) is 0 Å². The molecule has 2 heteroatoms. The highest BCUT2D eigenvalue weighted by atomic mass is 14.9. The summed E-state index contributed by atoms with van der Waals surface area (Å²) in [5.74, 6) is 0. The first-order valence-corrected chi connectivity index (χ1v) is 7.47. The maximum atomic E-state index is 5.01. The van der Waals surface area contributed by atoms with E-state index >= 15 is 0 Å². The van der Waals surface area contributed by atoms with E-state index in [-0.39, 0.29) is 6.04 Å². The van der Waals surface area contributed by atoms with Gasteiger partial charge in [-0.15, -0.1) is 5.70 Å². The Labute approximate surface area is 128 Å². The molecule has 0 radical (unpaired) electrons. The standard InChI is InChI=1S/C20H13N2/c1-4-13-5-2-8-17-19(13)15(7-1)16-9-10-18(22-20(16)17)14-6-3-11-21-12-14/h1-12,18H/q-1. The molecule has 0 amide bonds. The maximum Gasteiger partial charge on any atom is 0.0290 e. The van der Waals surface area contributed by atoms with Crippen molar-refractivity contribution in [3.05, 3.63) is 95.1 Å². The van der Waals surface area contributed by atoms with Crippen molar-refractivity contribution in [3.8, 4) is 0 Å². The third-order valence-electron chi connectivity index (χ3n) is 4.44. The zero-order chi connectivity index (χ0) is 14.5. The summed E-state index contributed by atoms with van der Waals surface area (Å²) in [5.41, 5.74) is 6.04. The highest BCUT2D eigenvalue weighted by Crippen LogP contribution is 2.50. The lowest BCUT2D eigenvalue weighted by atomic mass is 9.99. The molecule has 3 aromatic rings. The molecular formula is C20H13N2-. The predicted octanol–water partition coefficient (Wildman–Crippen LogP) is 5.10. The smallest absolute Gasteiger partial charge is 0.0290 e. The van der Waals surface area contributed by atoms with Crippen molar-refractivity contribution in [2.75, 3.05) is 0 Å². The van der Waals surface area contributed by atoms with Crippen LogP contribution in [0.25, 0.3) is 27.4 Å². The number of aromatic nitrogens is 1. The monoisotopic (exact) mass is 281 g/mol. The molecular weight excluding hydrogens is 268 g/mol. The van der Waals surface area contributed by atoms with Crippen LogP contribution in [0.1, 0.15) is 22.7 Å². The van der Waals surface area contributed by atoms with E-state index in [0.29, 0.717) is 0 Å². The Morgan fingerprint density at radius 3 is 2.59 bits per heavy atom. The Kier molecular flexibility index (Phi) is 2.30. The van der Waals surface area contributed by atoms with Crippen molar-refractivity contribution in [2.45, 2.75) is 6.04 Å². The number of pyridine rings is 1. The molecule has 0 spiro atoms. The summed E-state index contributed by atoms with van der Waals surface area (Å²) in [6, 6.07) is 17.0. The molecule has 2 nitrogen and oxygen atoms in total. The first-order valence-electron chi connectivity index (χ1n) is 7.47.